The Morgan fingerprint density at radius 1 is 1.18 bits per heavy atom. The number of nitrogens with zero attached hydrogens (tertiary/aromatic N) is 3. The van der Waals surface area contributed by atoms with Crippen LogP contribution >= 0.6 is 0 Å². The van der Waals surface area contributed by atoms with Gasteiger partial charge < -0.3 is 15.4 Å². The largest absolute Gasteiger partial charge is 0.497 e. The van der Waals surface area contributed by atoms with Crippen molar-refractivity contribution in [1.82, 2.24) is 20.3 Å². The van der Waals surface area contributed by atoms with E-state index in [9.17, 15) is 4.79 Å². The zero-order chi connectivity index (χ0) is 19.5. The van der Waals surface area contributed by atoms with Gasteiger partial charge in [0.2, 0.25) is 0 Å². The number of hydrogen-bond acceptors (Lipinski definition) is 6. The number of carbonyl (C=O) groups excluding carboxylic acids is 1. The fourth-order valence-corrected chi connectivity index (χ4v) is 3.22. The molecule has 1 aromatic carbocycles. The topological polar surface area (TPSA) is 89.0 Å². The Kier molecular flexibility index (Phi) is 4.89. The first-order valence-electron chi connectivity index (χ1n) is 9.15. The number of ether oxygens (including phenoxy) is 1. The predicted octanol–water partition coefficient (Wildman–Crippen LogP) is 3.01. The monoisotopic (exact) mass is 375 g/mol. The highest BCUT2D eigenvalue weighted by molar-refractivity contribution is 5.96. The molecule has 3 aromatic rings. The lowest BCUT2D eigenvalue weighted by atomic mass is 10.0. The molecule has 2 aromatic heterocycles. The van der Waals surface area contributed by atoms with Gasteiger partial charge in [-0.3, -0.25) is 9.78 Å². The lowest BCUT2D eigenvalue weighted by Crippen LogP contribution is -2.34. The molecule has 3 heterocycles. The SMILES string of the molecule is COc1ccc([C@@H](C)Nc2nc(-c3cccnc3)nc3c2CCNC3=O)cc1. The van der Waals surface area contributed by atoms with Crippen LogP contribution in [0.4, 0.5) is 5.82 Å². The molecular weight excluding hydrogens is 354 g/mol. The van der Waals surface area contributed by atoms with E-state index < -0.39 is 0 Å². The van der Waals surface area contributed by atoms with Crippen molar-refractivity contribution in [2.45, 2.75) is 19.4 Å². The lowest BCUT2D eigenvalue weighted by molar-refractivity contribution is 0.0940. The highest BCUT2D eigenvalue weighted by Crippen LogP contribution is 2.28. The number of carbonyl (C=O) groups is 1. The predicted molar refractivity (Wildman–Crippen MR) is 106 cm³/mol. The van der Waals surface area contributed by atoms with E-state index in [0.29, 0.717) is 30.3 Å². The Bertz CT molecular complexity index is 990. The van der Waals surface area contributed by atoms with E-state index >= 15 is 0 Å². The summed E-state index contributed by atoms with van der Waals surface area (Å²) in [5.74, 6) is 1.80. The van der Waals surface area contributed by atoms with Gasteiger partial charge in [-0.1, -0.05) is 12.1 Å². The molecule has 1 aliphatic heterocycles. The quantitative estimate of drug-likeness (QED) is 0.713. The second-order valence-electron chi connectivity index (χ2n) is 6.61. The van der Waals surface area contributed by atoms with Gasteiger partial charge in [0.1, 0.15) is 17.3 Å². The van der Waals surface area contributed by atoms with E-state index in [1.54, 1.807) is 19.5 Å². The standard InChI is InChI=1S/C21H21N5O2/c1-13(14-5-7-16(28-2)8-6-14)24-20-17-9-11-23-21(27)18(17)25-19(26-20)15-4-3-10-22-12-15/h3-8,10,12-13H,9,11H2,1-2H3,(H,23,27)(H,24,25,26)/t13-/m1/s1. The summed E-state index contributed by atoms with van der Waals surface area (Å²) in [5.41, 5.74) is 3.13. The molecule has 0 saturated carbocycles. The molecule has 1 aliphatic rings. The maximum Gasteiger partial charge on any atom is 0.270 e. The summed E-state index contributed by atoms with van der Waals surface area (Å²) in [6.45, 7) is 2.63. The number of nitrogens with one attached hydrogen (secondary N) is 2. The van der Waals surface area contributed by atoms with Gasteiger partial charge in [-0.25, -0.2) is 9.97 Å². The fraction of sp³-hybridized carbons (Fsp3) is 0.238. The minimum Gasteiger partial charge on any atom is -0.497 e. The highest BCUT2D eigenvalue weighted by Gasteiger charge is 2.25. The highest BCUT2D eigenvalue weighted by atomic mass is 16.5. The summed E-state index contributed by atoms with van der Waals surface area (Å²) in [4.78, 5) is 25.8. The van der Waals surface area contributed by atoms with E-state index in [4.69, 9.17) is 9.72 Å². The number of hydrogen-bond donors (Lipinski definition) is 2. The van der Waals surface area contributed by atoms with Gasteiger partial charge in [-0.2, -0.15) is 0 Å². The number of fused-ring (bicyclic) bond motifs is 1. The molecule has 0 saturated heterocycles. The second-order valence-corrected chi connectivity index (χ2v) is 6.61. The van der Waals surface area contributed by atoms with Gasteiger partial charge in [0.15, 0.2) is 5.82 Å². The molecule has 2 N–H and O–H groups in total. The van der Waals surface area contributed by atoms with Gasteiger partial charge in [0.05, 0.1) is 7.11 Å². The third-order valence-corrected chi connectivity index (χ3v) is 4.77. The van der Waals surface area contributed by atoms with Gasteiger partial charge >= 0.3 is 0 Å². The molecule has 0 fully saturated rings. The van der Waals surface area contributed by atoms with Crippen LogP contribution in [0.15, 0.2) is 48.8 Å². The van der Waals surface area contributed by atoms with Crippen LogP contribution in [0.5, 0.6) is 5.75 Å². The van der Waals surface area contributed by atoms with Crippen molar-refractivity contribution in [2.24, 2.45) is 0 Å². The minimum atomic E-state index is -0.172. The fourth-order valence-electron chi connectivity index (χ4n) is 3.22. The maximum absolute atomic E-state index is 12.4. The van der Waals surface area contributed by atoms with Crippen molar-refractivity contribution in [3.05, 3.63) is 65.6 Å². The summed E-state index contributed by atoms with van der Waals surface area (Å²) in [6.07, 6.45) is 4.07. The average molecular weight is 375 g/mol. The van der Waals surface area contributed by atoms with Crippen LogP contribution in [-0.4, -0.2) is 34.5 Å². The number of rotatable bonds is 5. The molecular formula is C21H21N5O2. The van der Waals surface area contributed by atoms with Crippen molar-refractivity contribution in [1.29, 1.82) is 0 Å². The summed E-state index contributed by atoms with van der Waals surface area (Å²) in [5, 5.41) is 6.32. The number of anilines is 1. The Labute approximate surface area is 163 Å². The average Bonchev–Trinajstić information content (AvgIpc) is 2.75. The molecule has 0 spiro atoms. The van der Waals surface area contributed by atoms with Gasteiger partial charge in [-0.15, -0.1) is 0 Å². The van der Waals surface area contributed by atoms with Gasteiger partial charge in [0.25, 0.3) is 5.91 Å². The van der Waals surface area contributed by atoms with Crippen LogP contribution in [0, 0.1) is 0 Å². The molecule has 1 atom stereocenters. The molecule has 7 heteroatoms. The molecule has 0 bridgehead atoms. The van der Waals surface area contributed by atoms with Gasteiger partial charge in [0, 0.05) is 36.1 Å². The normalized spacial score (nSPS) is 14.0. The zero-order valence-corrected chi connectivity index (χ0v) is 15.8. The van der Waals surface area contributed by atoms with Crippen molar-refractivity contribution < 1.29 is 9.53 Å². The van der Waals surface area contributed by atoms with Crippen molar-refractivity contribution in [3.63, 3.8) is 0 Å². The number of methoxy groups -OCH3 is 1. The molecule has 1 amide bonds. The van der Waals surface area contributed by atoms with E-state index in [1.165, 1.54) is 0 Å². The van der Waals surface area contributed by atoms with E-state index in [0.717, 1.165) is 22.4 Å². The van der Waals surface area contributed by atoms with Crippen LogP contribution in [0.1, 0.15) is 34.6 Å². The van der Waals surface area contributed by atoms with Gasteiger partial charge in [-0.05, 0) is 43.2 Å². The van der Waals surface area contributed by atoms with Crippen LogP contribution < -0.4 is 15.4 Å². The summed E-state index contributed by atoms with van der Waals surface area (Å²) in [6, 6.07) is 11.6. The Balaban J connectivity index is 1.72. The third kappa shape index (κ3) is 3.51. The smallest absolute Gasteiger partial charge is 0.270 e. The Morgan fingerprint density at radius 3 is 2.71 bits per heavy atom. The Hall–Kier alpha value is -3.48. The molecule has 7 nitrogen and oxygen atoms in total. The first-order chi connectivity index (χ1) is 13.7. The molecule has 4 rings (SSSR count). The number of aromatic nitrogens is 3. The zero-order valence-electron chi connectivity index (χ0n) is 15.8. The van der Waals surface area contributed by atoms with Crippen LogP contribution in [-0.2, 0) is 6.42 Å². The second kappa shape index (κ2) is 7.64. The van der Waals surface area contributed by atoms with Crippen molar-refractivity contribution >= 4 is 11.7 Å². The van der Waals surface area contributed by atoms with E-state index in [-0.39, 0.29) is 11.9 Å². The number of amides is 1. The van der Waals surface area contributed by atoms with Crippen LogP contribution in [0.2, 0.25) is 0 Å². The maximum atomic E-state index is 12.4. The summed E-state index contributed by atoms with van der Waals surface area (Å²) < 4.78 is 5.23. The molecule has 0 aliphatic carbocycles. The van der Waals surface area contributed by atoms with Crippen LogP contribution in [0.3, 0.4) is 0 Å². The lowest BCUT2D eigenvalue weighted by Gasteiger charge is -2.23. The van der Waals surface area contributed by atoms with Crippen molar-refractivity contribution in [3.8, 4) is 17.1 Å². The molecule has 142 valence electrons. The summed E-state index contributed by atoms with van der Waals surface area (Å²) in [7, 11) is 1.65. The third-order valence-electron chi connectivity index (χ3n) is 4.77. The molecule has 28 heavy (non-hydrogen) atoms. The number of benzene rings is 1. The first-order valence-corrected chi connectivity index (χ1v) is 9.15. The van der Waals surface area contributed by atoms with E-state index in [1.807, 2.05) is 36.4 Å². The molecule has 0 unspecified atom stereocenters. The van der Waals surface area contributed by atoms with Crippen LogP contribution in [0.25, 0.3) is 11.4 Å². The Morgan fingerprint density at radius 2 is 2.00 bits per heavy atom. The minimum absolute atomic E-state index is 0.00311. The first kappa shape index (κ1) is 17.9. The molecule has 0 radical (unpaired) electrons. The van der Waals surface area contributed by atoms with E-state index in [2.05, 4.69) is 27.5 Å². The van der Waals surface area contributed by atoms with Crippen molar-refractivity contribution in [2.75, 3.05) is 19.0 Å². The summed E-state index contributed by atoms with van der Waals surface area (Å²) >= 11 is 0. The number of pyridine rings is 1.